The molecule has 0 saturated carbocycles. The van der Waals surface area contributed by atoms with Crippen molar-refractivity contribution >= 4 is 29.3 Å². The third kappa shape index (κ3) is 4.59. The average molecular weight is 521 g/mol. The molecule has 1 aromatic heterocycles. The lowest BCUT2D eigenvalue weighted by Crippen LogP contribution is -2.16. The topological polar surface area (TPSA) is 110 Å². The molecule has 2 aliphatic rings. The van der Waals surface area contributed by atoms with E-state index in [1.54, 1.807) is 42.0 Å². The molecule has 12 heteroatoms. The highest BCUT2D eigenvalue weighted by Gasteiger charge is 2.32. The Labute approximate surface area is 209 Å². The fourth-order valence-corrected chi connectivity index (χ4v) is 4.99. The number of aromatic nitrogens is 2. The molecule has 2 aromatic carbocycles. The van der Waals surface area contributed by atoms with Crippen molar-refractivity contribution in [1.82, 2.24) is 9.55 Å². The minimum absolute atomic E-state index is 0.0207. The molecule has 10 nitrogen and oxygen atoms in total. The van der Waals surface area contributed by atoms with Crippen molar-refractivity contribution in [2.75, 3.05) is 34.2 Å². The van der Waals surface area contributed by atoms with Crippen LogP contribution in [-0.2, 0) is 16.0 Å². The molecule has 184 valence electrons. The van der Waals surface area contributed by atoms with Crippen LogP contribution in [-0.4, -0.2) is 54.9 Å². The molecule has 0 bridgehead atoms. The summed E-state index contributed by atoms with van der Waals surface area (Å²) in [5.41, 5.74) is 0.616. The van der Waals surface area contributed by atoms with Gasteiger partial charge in [-0.25, -0.2) is 9.78 Å². The summed E-state index contributed by atoms with van der Waals surface area (Å²) in [6.45, 7) is 0.961. The van der Waals surface area contributed by atoms with Gasteiger partial charge in [0.2, 0.25) is 13.1 Å². The van der Waals surface area contributed by atoms with Crippen molar-refractivity contribution in [2.45, 2.75) is 22.8 Å². The van der Waals surface area contributed by atoms with Gasteiger partial charge in [0, 0.05) is 16.0 Å². The quantitative estimate of drug-likeness (QED) is 0.463. The van der Waals surface area contributed by atoms with Crippen LogP contribution in [0.5, 0.6) is 23.0 Å². The van der Waals surface area contributed by atoms with Gasteiger partial charge in [-0.2, -0.15) is 0 Å². The van der Waals surface area contributed by atoms with E-state index in [0.717, 1.165) is 4.90 Å². The number of imidazole rings is 1. The molecule has 1 fully saturated rings. The number of hydrogen-bond acceptors (Lipinski definition) is 9. The van der Waals surface area contributed by atoms with E-state index < -0.39 is 12.3 Å². The molecule has 0 radical (unpaired) electrons. The maximum absolute atomic E-state index is 12.5. The highest BCUT2D eigenvalue weighted by molar-refractivity contribution is 7.99. The second-order valence-corrected chi connectivity index (χ2v) is 8.97. The summed E-state index contributed by atoms with van der Waals surface area (Å²) >= 11 is 7.67. The van der Waals surface area contributed by atoms with E-state index in [1.165, 1.54) is 18.9 Å². The number of carboxylic acids is 1. The van der Waals surface area contributed by atoms with Gasteiger partial charge in [-0.1, -0.05) is 23.4 Å². The smallest absolute Gasteiger partial charge is 0.355 e. The van der Waals surface area contributed by atoms with Crippen LogP contribution in [0.3, 0.4) is 0 Å². The summed E-state index contributed by atoms with van der Waals surface area (Å²) in [5.74, 6) is 1.33. The zero-order chi connectivity index (χ0) is 24.5. The predicted molar refractivity (Wildman–Crippen MR) is 124 cm³/mol. The first-order valence-corrected chi connectivity index (χ1v) is 11.7. The van der Waals surface area contributed by atoms with Crippen molar-refractivity contribution in [3.05, 3.63) is 52.4 Å². The van der Waals surface area contributed by atoms with E-state index in [2.05, 4.69) is 4.98 Å². The number of nitrogens with zero attached hydrogens (tertiary/aromatic N) is 2. The Morgan fingerprint density at radius 1 is 1.14 bits per heavy atom. The molecule has 35 heavy (non-hydrogen) atoms. The van der Waals surface area contributed by atoms with Crippen LogP contribution in [0.15, 0.2) is 40.3 Å². The van der Waals surface area contributed by atoms with Crippen LogP contribution in [0, 0.1) is 0 Å². The molecule has 0 amide bonds. The Kier molecular flexibility index (Phi) is 6.65. The summed E-state index contributed by atoms with van der Waals surface area (Å²) in [6, 6.07) is 8.68. The first-order chi connectivity index (χ1) is 17.0. The zero-order valence-electron chi connectivity index (χ0n) is 18.8. The zero-order valence-corrected chi connectivity index (χ0v) is 20.4. The summed E-state index contributed by atoms with van der Waals surface area (Å²) in [7, 11) is 3.08. The molecule has 1 N–H and O–H groups in total. The third-order valence-electron chi connectivity index (χ3n) is 5.44. The number of fused-ring (bicyclic) bond motifs is 1. The number of ether oxygens (including phenoxy) is 6. The van der Waals surface area contributed by atoms with Gasteiger partial charge in [-0.15, -0.1) is 0 Å². The highest BCUT2D eigenvalue weighted by Crippen LogP contribution is 2.40. The highest BCUT2D eigenvalue weighted by atomic mass is 35.5. The number of hydrogen-bond donors (Lipinski definition) is 1. The maximum atomic E-state index is 12.5. The number of aromatic carboxylic acids is 1. The molecular weight excluding hydrogens is 500 g/mol. The van der Waals surface area contributed by atoms with Crippen molar-refractivity contribution in [2.24, 2.45) is 0 Å². The molecule has 0 unspecified atom stereocenters. The van der Waals surface area contributed by atoms with Gasteiger partial charge in [-0.05, 0) is 29.8 Å². The summed E-state index contributed by atoms with van der Waals surface area (Å²) < 4.78 is 34.4. The van der Waals surface area contributed by atoms with Crippen molar-refractivity contribution in [3.8, 4) is 23.0 Å². The van der Waals surface area contributed by atoms with Gasteiger partial charge in [-0.3, -0.25) is 0 Å². The summed E-state index contributed by atoms with van der Waals surface area (Å²) in [4.78, 5) is 17.8. The van der Waals surface area contributed by atoms with Gasteiger partial charge < -0.3 is 38.1 Å². The molecular formula is C23H21ClN2O8S. The van der Waals surface area contributed by atoms with Crippen LogP contribution in [0.2, 0.25) is 5.02 Å². The first kappa shape index (κ1) is 23.6. The minimum atomic E-state index is -1.15. The van der Waals surface area contributed by atoms with Crippen molar-refractivity contribution in [1.29, 1.82) is 0 Å². The first-order valence-electron chi connectivity index (χ1n) is 10.5. The molecule has 2 aliphatic heterocycles. The van der Waals surface area contributed by atoms with Gasteiger partial charge in [0.1, 0.15) is 5.03 Å². The van der Waals surface area contributed by atoms with Crippen LogP contribution >= 0.6 is 23.4 Å². The van der Waals surface area contributed by atoms with E-state index in [-0.39, 0.29) is 24.1 Å². The van der Waals surface area contributed by atoms with Crippen LogP contribution in [0.25, 0.3) is 0 Å². The predicted octanol–water partition coefficient (Wildman–Crippen LogP) is 4.23. The lowest BCUT2D eigenvalue weighted by molar-refractivity contribution is -0.0530. The Hall–Kier alpha value is -3.12. The Morgan fingerprint density at radius 2 is 1.86 bits per heavy atom. The van der Waals surface area contributed by atoms with E-state index in [9.17, 15) is 9.90 Å². The SMILES string of the molecule is COc1ccc(Sc2nc(C3OCCO3)n(Cc3cc4c(cc3Cl)OCO4)c2C(=O)O)cc1OC. The largest absolute Gasteiger partial charge is 0.493 e. The molecule has 5 rings (SSSR count). The minimum Gasteiger partial charge on any atom is -0.493 e. The molecule has 0 aliphatic carbocycles. The van der Waals surface area contributed by atoms with Gasteiger partial charge in [0.25, 0.3) is 0 Å². The fourth-order valence-electron chi connectivity index (χ4n) is 3.82. The normalized spacial score (nSPS) is 14.9. The van der Waals surface area contributed by atoms with E-state index in [0.29, 0.717) is 52.6 Å². The maximum Gasteiger partial charge on any atom is 0.355 e. The number of halogens is 1. The van der Waals surface area contributed by atoms with Gasteiger partial charge >= 0.3 is 5.97 Å². The summed E-state index contributed by atoms with van der Waals surface area (Å²) in [5, 5.41) is 10.9. The van der Waals surface area contributed by atoms with Gasteiger partial charge in [0.15, 0.2) is 34.5 Å². The Morgan fingerprint density at radius 3 is 2.54 bits per heavy atom. The second-order valence-electron chi connectivity index (χ2n) is 7.50. The lowest BCUT2D eigenvalue weighted by atomic mass is 10.2. The standard InChI is InChI=1S/C23H21ClN2O8S/c1-29-15-4-3-13(8-16(15)30-2)35-21-19(22(27)28)26(20(25-21)23-31-5-6-32-23)10-12-7-17-18(9-14(12)24)34-11-33-17/h3-4,7-9,23H,5-6,10-11H2,1-2H3,(H,27,28). The Bertz CT molecular complexity index is 1270. The number of methoxy groups -OCH3 is 2. The summed E-state index contributed by atoms with van der Waals surface area (Å²) in [6.07, 6.45) is -0.805. The number of rotatable bonds is 8. The van der Waals surface area contributed by atoms with Crippen LogP contribution in [0.1, 0.15) is 28.2 Å². The molecule has 0 spiro atoms. The molecule has 0 atom stereocenters. The molecule has 3 aromatic rings. The van der Waals surface area contributed by atoms with Gasteiger partial charge in [0.05, 0.1) is 34.0 Å². The molecule has 1 saturated heterocycles. The lowest BCUT2D eigenvalue weighted by Gasteiger charge is -2.15. The third-order valence-corrected chi connectivity index (χ3v) is 6.76. The second kappa shape index (κ2) is 9.86. The van der Waals surface area contributed by atoms with E-state index >= 15 is 0 Å². The van der Waals surface area contributed by atoms with E-state index in [4.69, 9.17) is 40.0 Å². The number of carbonyl (C=O) groups is 1. The number of benzene rings is 2. The van der Waals surface area contributed by atoms with Crippen molar-refractivity contribution < 1.29 is 38.3 Å². The Balaban J connectivity index is 1.57. The van der Waals surface area contributed by atoms with Crippen LogP contribution < -0.4 is 18.9 Å². The van der Waals surface area contributed by atoms with Crippen molar-refractivity contribution in [3.63, 3.8) is 0 Å². The number of carboxylic acid groups (broad SMARTS) is 1. The average Bonchev–Trinajstić information content (AvgIpc) is 3.59. The van der Waals surface area contributed by atoms with Crippen LogP contribution in [0.4, 0.5) is 0 Å². The van der Waals surface area contributed by atoms with E-state index in [1.807, 2.05) is 0 Å². The fraction of sp³-hybridized carbons (Fsp3) is 0.304. The molecule has 3 heterocycles. The monoisotopic (exact) mass is 520 g/mol.